The Morgan fingerprint density at radius 1 is 1.38 bits per heavy atom. The van der Waals surface area contributed by atoms with Crippen LogP contribution in [0, 0.1) is 0 Å². The molecule has 0 aromatic rings. The predicted molar refractivity (Wildman–Crippen MR) is 41.0 cm³/mol. The minimum atomic E-state index is -4.76. The molecule has 0 fully saturated rings. The van der Waals surface area contributed by atoms with Crippen molar-refractivity contribution in [2.45, 2.75) is 31.5 Å². The lowest BCUT2D eigenvalue weighted by molar-refractivity contribution is -0.174. The highest BCUT2D eigenvalue weighted by atomic mass is 19.4. The van der Waals surface area contributed by atoms with E-state index in [2.05, 4.69) is 0 Å². The van der Waals surface area contributed by atoms with Crippen molar-refractivity contribution in [3.63, 3.8) is 0 Å². The summed E-state index contributed by atoms with van der Waals surface area (Å²) in [4.78, 5) is 10.5. The van der Waals surface area contributed by atoms with E-state index in [0.29, 0.717) is 12.8 Å². The summed E-state index contributed by atoms with van der Waals surface area (Å²) in [6.45, 7) is 0. The van der Waals surface area contributed by atoms with E-state index in [1.165, 1.54) is 0 Å². The molecule has 1 atom stereocenters. The van der Waals surface area contributed by atoms with Gasteiger partial charge in [-0.25, -0.2) is 0 Å². The van der Waals surface area contributed by atoms with Crippen molar-refractivity contribution >= 4 is 5.91 Å². The van der Waals surface area contributed by atoms with Gasteiger partial charge in [-0.15, -0.1) is 0 Å². The number of nitrogens with one attached hydrogen (secondary N) is 1. The summed E-state index contributed by atoms with van der Waals surface area (Å²) in [5.41, 5.74) is 0. The molecule has 0 aromatic heterocycles. The van der Waals surface area contributed by atoms with E-state index in [-0.39, 0.29) is 6.04 Å². The van der Waals surface area contributed by atoms with Gasteiger partial charge in [0.25, 0.3) is 0 Å². The van der Waals surface area contributed by atoms with E-state index in [1.54, 1.807) is 6.08 Å². The first-order valence-corrected chi connectivity index (χ1v) is 4.03. The maximum Gasteiger partial charge on any atom is 0.471 e. The Labute approximate surface area is 73.8 Å². The van der Waals surface area contributed by atoms with Crippen LogP contribution in [-0.2, 0) is 4.79 Å². The number of alkyl halides is 3. The Hall–Kier alpha value is -1.00. The number of halogens is 3. The first kappa shape index (κ1) is 10.1. The monoisotopic (exact) mass is 193 g/mol. The summed E-state index contributed by atoms with van der Waals surface area (Å²) < 4.78 is 35.3. The van der Waals surface area contributed by atoms with E-state index >= 15 is 0 Å². The van der Waals surface area contributed by atoms with Crippen LogP contribution in [0.1, 0.15) is 19.3 Å². The van der Waals surface area contributed by atoms with Gasteiger partial charge >= 0.3 is 12.1 Å². The summed E-state index contributed by atoms with van der Waals surface area (Å²) in [6.07, 6.45) is 0.713. The number of rotatable bonds is 1. The summed E-state index contributed by atoms with van der Waals surface area (Å²) in [5.74, 6) is -1.84. The van der Waals surface area contributed by atoms with Gasteiger partial charge in [0.1, 0.15) is 0 Å². The second-order valence-electron chi connectivity index (χ2n) is 2.95. The number of allylic oxidation sites excluding steroid dienone is 1. The van der Waals surface area contributed by atoms with Crippen molar-refractivity contribution in [1.82, 2.24) is 5.32 Å². The number of carbonyl (C=O) groups excluding carboxylic acids is 1. The van der Waals surface area contributed by atoms with Crippen molar-refractivity contribution in [2.24, 2.45) is 0 Å². The second-order valence-corrected chi connectivity index (χ2v) is 2.95. The maximum atomic E-state index is 11.8. The normalized spacial score (nSPS) is 22.8. The number of amides is 1. The van der Waals surface area contributed by atoms with Crippen LogP contribution in [0.15, 0.2) is 12.2 Å². The molecule has 74 valence electrons. The minimum absolute atomic E-state index is 0.362. The van der Waals surface area contributed by atoms with Gasteiger partial charge in [0, 0.05) is 6.04 Å². The van der Waals surface area contributed by atoms with Gasteiger partial charge in [0.2, 0.25) is 0 Å². The summed E-state index contributed by atoms with van der Waals surface area (Å²) in [6, 6.07) is -0.362. The van der Waals surface area contributed by atoms with Crippen LogP contribution >= 0.6 is 0 Å². The largest absolute Gasteiger partial charge is 0.471 e. The molecule has 1 aliphatic carbocycles. The van der Waals surface area contributed by atoms with Crippen molar-refractivity contribution in [3.8, 4) is 0 Å². The van der Waals surface area contributed by atoms with Gasteiger partial charge in [-0.1, -0.05) is 12.2 Å². The highest BCUT2D eigenvalue weighted by Gasteiger charge is 2.39. The van der Waals surface area contributed by atoms with Crippen molar-refractivity contribution in [3.05, 3.63) is 12.2 Å². The van der Waals surface area contributed by atoms with Gasteiger partial charge in [-0.05, 0) is 19.3 Å². The Bertz CT molecular complexity index is 222. The standard InChI is InChI=1S/C8H10F3NO/c9-8(10,11)7(13)12-6-4-2-1-3-5-6/h1-2,6H,3-5H2,(H,12,13). The van der Waals surface area contributed by atoms with Gasteiger partial charge in [-0.3, -0.25) is 4.79 Å². The molecule has 1 amide bonds. The third-order valence-electron chi connectivity index (χ3n) is 1.86. The van der Waals surface area contributed by atoms with Gasteiger partial charge < -0.3 is 5.32 Å². The molecule has 13 heavy (non-hydrogen) atoms. The molecular weight excluding hydrogens is 183 g/mol. The summed E-state index contributed by atoms with van der Waals surface area (Å²) in [5, 5.41) is 1.94. The van der Waals surface area contributed by atoms with Crippen LogP contribution in [0.4, 0.5) is 13.2 Å². The molecule has 1 rings (SSSR count). The summed E-state index contributed by atoms with van der Waals surface area (Å²) >= 11 is 0. The van der Waals surface area contributed by atoms with Crippen LogP contribution < -0.4 is 5.32 Å². The Kier molecular flexibility index (Phi) is 2.95. The molecule has 2 nitrogen and oxygen atoms in total. The lowest BCUT2D eigenvalue weighted by Crippen LogP contribution is -2.43. The number of hydrogen-bond acceptors (Lipinski definition) is 1. The molecule has 0 aromatic carbocycles. The SMILES string of the molecule is O=C(NC1CC=CCC1)C(F)(F)F. The molecule has 0 saturated carbocycles. The molecule has 5 heteroatoms. The second kappa shape index (κ2) is 3.81. The molecule has 1 N–H and O–H groups in total. The van der Waals surface area contributed by atoms with Gasteiger partial charge in [-0.2, -0.15) is 13.2 Å². The Balaban J connectivity index is 2.40. The van der Waals surface area contributed by atoms with Crippen molar-refractivity contribution in [1.29, 1.82) is 0 Å². The van der Waals surface area contributed by atoms with Crippen molar-refractivity contribution < 1.29 is 18.0 Å². The topological polar surface area (TPSA) is 29.1 Å². The van der Waals surface area contributed by atoms with Crippen LogP contribution in [-0.4, -0.2) is 18.1 Å². The molecule has 0 radical (unpaired) electrons. The number of carbonyl (C=O) groups is 1. The zero-order chi connectivity index (χ0) is 9.90. The zero-order valence-corrected chi connectivity index (χ0v) is 6.90. The van der Waals surface area contributed by atoms with Crippen molar-refractivity contribution in [2.75, 3.05) is 0 Å². The third-order valence-corrected chi connectivity index (χ3v) is 1.86. The van der Waals surface area contributed by atoms with E-state index in [4.69, 9.17) is 0 Å². The first-order chi connectivity index (χ1) is 6.00. The minimum Gasteiger partial charge on any atom is -0.345 e. The fourth-order valence-corrected chi connectivity index (χ4v) is 1.19. The zero-order valence-electron chi connectivity index (χ0n) is 6.90. The van der Waals surface area contributed by atoms with Crippen LogP contribution in [0.25, 0.3) is 0 Å². The average molecular weight is 193 g/mol. The summed E-state index contributed by atoms with van der Waals surface area (Å²) in [7, 11) is 0. The molecule has 0 saturated heterocycles. The molecule has 1 unspecified atom stereocenters. The Morgan fingerprint density at radius 2 is 2.08 bits per heavy atom. The molecular formula is C8H10F3NO. The smallest absolute Gasteiger partial charge is 0.345 e. The lowest BCUT2D eigenvalue weighted by Gasteiger charge is -2.19. The fourth-order valence-electron chi connectivity index (χ4n) is 1.19. The maximum absolute atomic E-state index is 11.8. The molecule has 0 bridgehead atoms. The highest BCUT2D eigenvalue weighted by Crippen LogP contribution is 2.17. The predicted octanol–water partition coefficient (Wildman–Crippen LogP) is 1.77. The number of hydrogen-bond donors (Lipinski definition) is 1. The van der Waals surface area contributed by atoms with Gasteiger partial charge in [0.05, 0.1) is 0 Å². The van der Waals surface area contributed by atoms with E-state index in [1.807, 2.05) is 11.4 Å². The van der Waals surface area contributed by atoms with Crippen LogP contribution in [0.3, 0.4) is 0 Å². The van der Waals surface area contributed by atoms with E-state index < -0.39 is 12.1 Å². The molecule has 0 aliphatic heterocycles. The van der Waals surface area contributed by atoms with E-state index in [0.717, 1.165) is 6.42 Å². The highest BCUT2D eigenvalue weighted by molar-refractivity contribution is 5.81. The fraction of sp³-hybridized carbons (Fsp3) is 0.625. The molecule has 1 aliphatic rings. The third kappa shape index (κ3) is 3.08. The van der Waals surface area contributed by atoms with Crippen LogP contribution in [0.5, 0.6) is 0 Å². The first-order valence-electron chi connectivity index (χ1n) is 4.03. The lowest BCUT2D eigenvalue weighted by atomic mass is 10.0. The van der Waals surface area contributed by atoms with Crippen LogP contribution in [0.2, 0.25) is 0 Å². The molecule has 0 heterocycles. The average Bonchev–Trinajstić information content (AvgIpc) is 2.04. The Morgan fingerprint density at radius 3 is 2.54 bits per heavy atom. The molecule has 0 spiro atoms. The van der Waals surface area contributed by atoms with Gasteiger partial charge in [0.15, 0.2) is 0 Å². The quantitative estimate of drug-likeness (QED) is 0.632. The van der Waals surface area contributed by atoms with E-state index in [9.17, 15) is 18.0 Å².